The maximum atomic E-state index is 13.8. The van der Waals surface area contributed by atoms with Gasteiger partial charge in [-0.05, 0) is 69.6 Å². The maximum absolute atomic E-state index is 13.8. The number of aliphatic hydroxyl groups excluding tert-OH is 1. The lowest BCUT2D eigenvalue weighted by Crippen LogP contribution is -2.44. The maximum Gasteiger partial charge on any atom is 0.310 e. The van der Waals surface area contributed by atoms with Crippen LogP contribution in [-0.2, 0) is 19.1 Å². The van der Waals surface area contributed by atoms with Crippen molar-refractivity contribution in [2.75, 3.05) is 25.1 Å². The second kappa shape index (κ2) is 12.3. The molecule has 2 N–H and O–H groups in total. The van der Waals surface area contributed by atoms with Crippen LogP contribution in [0.2, 0.25) is 0 Å². The van der Waals surface area contributed by atoms with Gasteiger partial charge in [-0.2, -0.15) is 0 Å². The molecule has 1 aromatic rings. The van der Waals surface area contributed by atoms with Crippen molar-refractivity contribution in [3.63, 3.8) is 0 Å². The van der Waals surface area contributed by atoms with Crippen LogP contribution in [0.4, 0.5) is 5.69 Å². The topological polar surface area (TPSA) is 95.9 Å². The summed E-state index contributed by atoms with van der Waals surface area (Å²) in [5.41, 5.74) is 2.72. The highest BCUT2D eigenvalue weighted by molar-refractivity contribution is 6.02. The summed E-state index contributed by atoms with van der Waals surface area (Å²) < 4.78 is 5.41. The summed E-state index contributed by atoms with van der Waals surface area (Å²) in [6, 6.07) is 5.20. The highest BCUT2D eigenvalue weighted by Crippen LogP contribution is 2.46. The number of unbranched alkanes of at least 4 members (excludes halogenated alkanes) is 2. The quantitative estimate of drug-likeness (QED) is 0.281. The van der Waals surface area contributed by atoms with E-state index in [9.17, 15) is 14.4 Å². The molecule has 7 heteroatoms. The minimum Gasteiger partial charge on any atom is -0.466 e. The summed E-state index contributed by atoms with van der Waals surface area (Å²) >= 11 is 0. The fourth-order valence-electron chi connectivity index (χ4n) is 5.55. The number of aliphatic hydroxyl groups is 1. The summed E-state index contributed by atoms with van der Waals surface area (Å²) in [6.45, 7) is 8.52. The van der Waals surface area contributed by atoms with E-state index < -0.39 is 23.8 Å². The van der Waals surface area contributed by atoms with Gasteiger partial charge in [-0.3, -0.25) is 14.4 Å². The van der Waals surface area contributed by atoms with Gasteiger partial charge in [0.1, 0.15) is 6.04 Å². The predicted molar refractivity (Wildman–Crippen MR) is 136 cm³/mol. The lowest BCUT2D eigenvalue weighted by Gasteiger charge is -2.33. The van der Waals surface area contributed by atoms with Crippen LogP contribution in [-0.4, -0.2) is 53.6 Å². The van der Waals surface area contributed by atoms with E-state index in [-0.39, 0.29) is 36.9 Å². The molecule has 1 saturated heterocycles. The summed E-state index contributed by atoms with van der Waals surface area (Å²) in [5.74, 6) is -2.41. The second-order valence-electron chi connectivity index (χ2n) is 9.79. The lowest BCUT2D eigenvalue weighted by molar-refractivity contribution is -0.155. The van der Waals surface area contributed by atoms with Gasteiger partial charge in [0.25, 0.3) is 0 Å². The van der Waals surface area contributed by atoms with E-state index in [0.717, 1.165) is 36.1 Å². The molecule has 2 aliphatic rings. The van der Waals surface area contributed by atoms with Gasteiger partial charge in [0.15, 0.2) is 0 Å². The number of fused-ring (bicyclic) bond motifs is 1. The van der Waals surface area contributed by atoms with Crippen molar-refractivity contribution in [3.8, 4) is 0 Å². The Labute approximate surface area is 208 Å². The number of anilines is 1. The molecule has 1 fully saturated rings. The molecule has 192 valence electrons. The van der Waals surface area contributed by atoms with E-state index in [1.807, 2.05) is 44.2 Å². The molecule has 0 radical (unpaired) electrons. The van der Waals surface area contributed by atoms with Gasteiger partial charge in [0.2, 0.25) is 11.8 Å². The van der Waals surface area contributed by atoms with Crippen molar-refractivity contribution in [1.29, 1.82) is 0 Å². The molecule has 7 nitrogen and oxygen atoms in total. The first-order valence-electron chi connectivity index (χ1n) is 13.0. The average molecular weight is 485 g/mol. The third kappa shape index (κ3) is 5.95. The number of amides is 2. The molecule has 1 aliphatic carbocycles. The number of hydrogen-bond donors (Lipinski definition) is 2. The van der Waals surface area contributed by atoms with E-state index >= 15 is 0 Å². The molecule has 0 saturated carbocycles. The molecular weight excluding hydrogens is 444 g/mol. The summed E-state index contributed by atoms with van der Waals surface area (Å²) in [4.78, 5) is 42.2. The van der Waals surface area contributed by atoms with Gasteiger partial charge >= 0.3 is 5.97 Å². The van der Waals surface area contributed by atoms with E-state index in [1.165, 1.54) is 0 Å². The Morgan fingerprint density at radius 2 is 1.89 bits per heavy atom. The lowest BCUT2D eigenvalue weighted by atomic mass is 9.69. The molecule has 1 heterocycles. The van der Waals surface area contributed by atoms with Crippen molar-refractivity contribution >= 4 is 23.5 Å². The molecule has 1 aliphatic heterocycles. The van der Waals surface area contributed by atoms with Crippen LogP contribution in [0.5, 0.6) is 0 Å². The molecule has 2 amide bonds. The van der Waals surface area contributed by atoms with Gasteiger partial charge in [-0.15, -0.1) is 0 Å². The zero-order valence-electron chi connectivity index (χ0n) is 21.5. The Morgan fingerprint density at radius 1 is 1.11 bits per heavy atom. The highest BCUT2D eigenvalue weighted by Gasteiger charge is 2.57. The van der Waals surface area contributed by atoms with Crippen LogP contribution >= 0.6 is 0 Å². The van der Waals surface area contributed by atoms with Gasteiger partial charge < -0.3 is 20.1 Å². The van der Waals surface area contributed by atoms with Crippen LogP contribution in [0, 0.1) is 37.5 Å². The fraction of sp³-hybridized carbons (Fsp3) is 0.607. The number of rotatable bonds is 11. The molecular formula is C28H40N2O5. The van der Waals surface area contributed by atoms with E-state index in [2.05, 4.69) is 12.2 Å². The van der Waals surface area contributed by atoms with Crippen molar-refractivity contribution in [2.45, 2.75) is 65.8 Å². The normalized spacial score (nSPS) is 25.5. The minimum atomic E-state index is -0.697. The molecule has 3 rings (SSSR count). The third-order valence-electron chi connectivity index (χ3n) is 7.27. The van der Waals surface area contributed by atoms with Crippen molar-refractivity contribution in [3.05, 3.63) is 41.5 Å². The minimum absolute atomic E-state index is 0.0821. The van der Waals surface area contributed by atoms with Crippen LogP contribution in [0.3, 0.4) is 0 Å². The third-order valence-corrected chi connectivity index (χ3v) is 7.27. The standard InChI is InChI=1S/C28H40N2O5/c1-5-10-20-13-14-21-24(23(20)28(34)35-6-2)27(33)30(15-8-7-9-16-31)25(21)26(32)29-22-17-18(3)11-12-19(22)4/h11-14,17,20-21,23-25,31H,5-10,15-16H2,1-4H3,(H,29,32)/t20-,21+,23-,24-,25+/m1/s1. The Hall–Kier alpha value is -2.67. The summed E-state index contributed by atoms with van der Waals surface area (Å²) in [5, 5.41) is 12.2. The SMILES string of the molecule is CCC[C@@H]1C=C[C@H]2[C@@H](C(=O)N(CCCCCO)[C@@H]2C(=O)Nc2cc(C)ccc2C)[C@@H]1C(=O)OCC. The smallest absolute Gasteiger partial charge is 0.310 e. The average Bonchev–Trinajstić information content (AvgIpc) is 3.11. The Balaban J connectivity index is 1.96. The summed E-state index contributed by atoms with van der Waals surface area (Å²) in [6.07, 6.45) is 7.77. The van der Waals surface area contributed by atoms with Crippen LogP contribution in [0.1, 0.15) is 57.1 Å². The van der Waals surface area contributed by atoms with Crippen LogP contribution < -0.4 is 5.32 Å². The number of carbonyl (C=O) groups is 3. The molecule has 0 spiro atoms. The van der Waals surface area contributed by atoms with E-state index in [4.69, 9.17) is 9.84 Å². The van der Waals surface area contributed by atoms with Gasteiger partial charge in [0, 0.05) is 24.8 Å². The molecule has 35 heavy (non-hydrogen) atoms. The van der Waals surface area contributed by atoms with Gasteiger partial charge in [0.05, 0.1) is 18.4 Å². The Bertz CT molecular complexity index is 943. The second-order valence-corrected chi connectivity index (χ2v) is 9.79. The molecule has 0 unspecified atom stereocenters. The van der Waals surface area contributed by atoms with E-state index in [1.54, 1.807) is 11.8 Å². The zero-order valence-corrected chi connectivity index (χ0v) is 21.5. The fourth-order valence-corrected chi connectivity index (χ4v) is 5.55. The first kappa shape index (κ1) is 26.9. The molecule has 0 aromatic heterocycles. The number of aryl methyl sites for hydroxylation is 2. The molecule has 1 aromatic carbocycles. The molecule has 5 atom stereocenters. The van der Waals surface area contributed by atoms with Crippen molar-refractivity contribution in [2.24, 2.45) is 23.7 Å². The highest BCUT2D eigenvalue weighted by atomic mass is 16.5. The van der Waals surface area contributed by atoms with Gasteiger partial charge in [-0.25, -0.2) is 0 Å². The number of carbonyl (C=O) groups excluding carboxylic acids is 3. The number of esters is 1. The first-order valence-corrected chi connectivity index (χ1v) is 13.0. The number of nitrogens with zero attached hydrogens (tertiary/aromatic N) is 1. The number of likely N-dealkylation sites (tertiary alicyclic amines) is 1. The van der Waals surface area contributed by atoms with Crippen molar-refractivity contribution in [1.82, 2.24) is 4.90 Å². The van der Waals surface area contributed by atoms with Crippen LogP contribution in [0.25, 0.3) is 0 Å². The summed E-state index contributed by atoms with van der Waals surface area (Å²) in [7, 11) is 0. The number of ether oxygens (including phenoxy) is 1. The van der Waals surface area contributed by atoms with E-state index in [0.29, 0.717) is 19.4 Å². The Kier molecular flexibility index (Phi) is 9.49. The number of allylic oxidation sites excluding steroid dienone is 1. The Morgan fingerprint density at radius 3 is 2.57 bits per heavy atom. The number of hydrogen-bond acceptors (Lipinski definition) is 5. The predicted octanol–water partition coefficient (Wildman–Crippen LogP) is 4.01. The molecule has 0 bridgehead atoms. The largest absolute Gasteiger partial charge is 0.466 e. The monoisotopic (exact) mass is 484 g/mol. The van der Waals surface area contributed by atoms with Crippen molar-refractivity contribution < 1.29 is 24.2 Å². The first-order chi connectivity index (χ1) is 16.8. The van der Waals surface area contributed by atoms with Gasteiger partial charge in [-0.1, -0.05) is 37.6 Å². The number of benzene rings is 1. The zero-order chi connectivity index (χ0) is 25.5. The number of nitrogens with one attached hydrogen (secondary N) is 1. The van der Waals surface area contributed by atoms with Crippen LogP contribution in [0.15, 0.2) is 30.4 Å².